The monoisotopic (exact) mass is 864 g/mol. The molecule has 3 heterocycles. The SMILES string of the molecule is CC[C@H]1OC(=O)[C@H](C)[C@@H](O[C@H]2C[C@@](C)(OC)[C@@H](O[Si](C)(C)C)[C@H](C)O2)[C@H](C)[C@@H](O[C@@H]2O[C@H](C)C[C@H](N(C)C)[C@H]2O)[C@](C)(O)C[C@@H](C)C(=O)[C@H](C)[C@@H](O)[C@]1(C)O.N#CS. The Balaban J connectivity index is 0.00000374. The van der Waals surface area contributed by atoms with Gasteiger partial charge in [0.05, 0.1) is 53.7 Å². The van der Waals surface area contributed by atoms with Gasteiger partial charge in [-0.1, -0.05) is 40.3 Å². The zero-order chi connectivity index (χ0) is 44.9. The first kappa shape index (κ1) is 52.9. The highest BCUT2D eigenvalue weighted by atomic mass is 32.1. The third kappa shape index (κ3) is 12.9. The molecule has 0 bridgehead atoms. The molecule has 0 aromatic rings. The maximum absolute atomic E-state index is 14.3. The van der Waals surface area contributed by atoms with E-state index in [4.69, 9.17) is 38.1 Å². The number of aliphatic hydroxyl groups is 4. The molecular weight excluding hydrogens is 789 g/mol. The Hall–Kier alpha value is -1.24. The maximum Gasteiger partial charge on any atom is 0.311 e. The number of ether oxygens (including phenoxy) is 6. The van der Waals surface area contributed by atoms with E-state index >= 15 is 0 Å². The third-order valence-corrected chi connectivity index (χ3v) is 13.2. The summed E-state index contributed by atoms with van der Waals surface area (Å²) in [6, 6.07) is -0.315. The molecule has 15 nitrogen and oxygen atoms in total. The minimum absolute atomic E-state index is 0.118. The van der Waals surface area contributed by atoms with E-state index < -0.39 is 116 Å². The lowest BCUT2D eigenvalue weighted by molar-refractivity contribution is -0.316. The second-order valence-corrected chi connectivity index (χ2v) is 23.4. The summed E-state index contributed by atoms with van der Waals surface area (Å²) in [4.78, 5) is 30.1. The van der Waals surface area contributed by atoms with Gasteiger partial charge in [0, 0.05) is 37.3 Å². The highest BCUT2D eigenvalue weighted by molar-refractivity contribution is 7.85. The first-order valence-corrected chi connectivity index (χ1v) is 24.5. The second kappa shape index (κ2) is 21.2. The van der Waals surface area contributed by atoms with Gasteiger partial charge < -0.3 is 58.2 Å². The number of esters is 1. The van der Waals surface area contributed by atoms with Crippen molar-refractivity contribution < 1.29 is 62.9 Å². The Morgan fingerprint density at radius 1 is 0.948 bits per heavy atom. The Bertz CT molecular complexity index is 1380. The predicted molar refractivity (Wildman–Crippen MR) is 223 cm³/mol. The van der Waals surface area contributed by atoms with Crippen LogP contribution in [0.3, 0.4) is 0 Å². The summed E-state index contributed by atoms with van der Waals surface area (Å²) in [5, 5.41) is 55.8. The van der Waals surface area contributed by atoms with Crippen LogP contribution in [0, 0.1) is 34.3 Å². The van der Waals surface area contributed by atoms with Gasteiger partial charge in [-0.05, 0) is 94.5 Å². The molecule has 0 aromatic carbocycles. The number of thiocyanates is 1. The highest BCUT2D eigenvalue weighted by Crippen LogP contribution is 2.41. The number of carbonyl (C=O) groups is 2. The lowest BCUT2D eigenvalue weighted by atomic mass is 9.74. The molecular formula is C41H76N2O13SSi. The summed E-state index contributed by atoms with van der Waals surface area (Å²) in [6.45, 7) is 23.3. The Labute approximate surface area is 353 Å². The van der Waals surface area contributed by atoms with Crippen molar-refractivity contribution in [2.75, 3.05) is 21.2 Å². The van der Waals surface area contributed by atoms with E-state index in [-0.39, 0.29) is 31.4 Å². The quantitative estimate of drug-likeness (QED) is 0.0960. The summed E-state index contributed by atoms with van der Waals surface area (Å²) in [7, 11) is 3.30. The summed E-state index contributed by atoms with van der Waals surface area (Å²) in [6.07, 6.45) is -8.52. The van der Waals surface area contributed by atoms with Crippen LogP contribution in [0.4, 0.5) is 0 Å². The summed E-state index contributed by atoms with van der Waals surface area (Å²) >= 11 is 3.09. The molecule has 18 atom stereocenters. The van der Waals surface area contributed by atoms with E-state index in [2.05, 4.69) is 32.3 Å². The fraction of sp³-hybridized carbons (Fsp3) is 0.927. The zero-order valence-electron chi connectivity index (χ0n) is 37.8. The van der Waals surface area contributed by atoms with Crippen molar-refractivity contribution in [3.05, 3.63) is 0 Å². The molecule has 3 rings (SSSR count). The van der Waals surface area contributed by atoms with Crippen LogP contribution in [0.15, 0.2) is 0 Å². The number of thiol groups is 1. The normalized spacial score (nSPS) is 45.0. The lowest BCUT2D eigenvalue weighted by Crippen LogP contribution is -2.62. The number of methoxy groups -OCH3 is 1. The van der Waals surface area contributed by atoms with E-state index in [0.717, 1.165) is 0 Å². The van der Waals surface area contributed by atoms with Crippen molar-refractivity contribution in [1.29, 1.82) is 5.26 Å². The van der Waals surface area contributed by atoms with E-state index in [0.29, 0.717) is 6.42 Å². The summed E-state index contributed by atoms with van der Waals surface area (Å²) in [5.41, 5.74) is -4.59. The van der Waals surface area contributed by atoms with Crippen LogP contribution in [0.2, 0.25) is 19.6 Å². The van der Waals surface area contributed by atoms with Gasteiger partial charge in [0.1, 0.15) is 29.0 Å². The van der Waals surface area contributed by atoms with Gasteiger partial charge >= 0.3 is 5.97 Å². The molecule has 58 heavy (non-hydrogen) atoms. The molecule has 3 fully saturated rings. The van der Waals surface area contributed by atoms with Gasteiger partial charge in [0.2, 0.25) is 0 Å². The molecule has 338 valence electrons. The number of nitriles is 1. The van der Waals surface area contributed by atoms with Gasteiger partial charge in [0.15, 0.2) is 20.9 Å². The van der Waals surface area contributed by atoms with Crippen LogP contribution in [0.25, 0.3) is 0 Å². The first-order chi connectivity index (χ1) is 26.5. The third-order valence-electron chi connectivity index (χ3n) is 12.3. The molecule has 0 amide bonds. The number of nitrogens with zero attached hydrogens (tertiary/aromatic N) is 2. The number of cyclic esters (lactones) is 1. The van der Waals surface area contributed by atoms with Crippen LogP contribution in [0.5, 0.6) is 0 Å². The number of carbonyl (C=O) groups excluding carboxylic acids is 2. The number of hydrogen-bond donors (Lipinski definition) is 5. The molecule has 0 radical (unpaired) electrons. The van der Waals surface area contributed by atoms with Crippen molar-refractivity contribution in [3.8, 4) is 5.40 Å². The Morgan fingerprint density at radius 2 is 1.52 bits per heavy atom. The smallest absolute Gasteiger partial charge is 0.311 e. The van der Waals surface area contributed by atoms with Crippen molar-refractivity contribution >= 4 is 32.7 Å². The van der Waals surface area contributed by atoms with Crippen molar-refractivity contribution in [3.63, 3.8) is 0 Å². The van der Waals surface area contributed by atoms with E-state index in [1.165, 1.54) is 19.2 Å². The fourth-order valence-corrected chi connectivity index (χ4v) is 10.2. The van der Waals surface area contributed by atoms with Gasteiger partial charge in [-0.2, -0.15) is 5.26 Å². The second-order valence-electron chi connectivity index (χ2n) is 18.8. The van der Waals surface area contributed by atoms with E-state index in [1.807, 2.05) is 39.8 Å². The highest BCUT2D eigenvalue weighted by Gasteiger charge is 2.54. The summed E-state index contributed by atoms with van der Waals surface area (Å²) < 4.78 is 44.8. The summed E-state index contributed by atoms with van der Waals surface area (Å²) in [5.74, 6) is -4.86. The molecule has 0 aliphatic carbocycles. The van der Waals surface area contributed by atoms with Crippen LogP contribution in [-0.4, -0.2) is 151 Å². The maximum atomic E-state index is 14.3. The van der Waals surface area contributed by atoms with Crippen LogP contribution >= 0.6 is 12.6 Å². The average Bonchev–Trinajstić information content (AvgIpc) is 3.11. The largest absolute Gasteiger partial charge is 0.459 e. The Morgan fingerprint density at radius 3 is 2.02 bits per heavy atom. The fourth-order valence-electron chi connectivity index (χ4n) is 9.00. The molecule has 4 N–H and O–H groups in total. The molecule has 3 aliphatic heterocycles. The minimum atomic E-state index is -2.04. The van der Waals surface area contributed by atoms with Crippen molar-refractivity contribution in [2.24, 2.45) is 23.7 Å². The van der Waals surface area contributed by atoms with Gasteiger partial charge in [-0.3, -0.25) is 9.59 Å². The predicted octanol–water partition coefficient (Wildman–Crippen LogP) is 4.04. The first-order valence-electron chi connectivity index (χ1n) is 20.6. The molecule has 3 aliphatic rings. The molecule has 3 saturated heterocycles. The number of hydrogen-bond acceptors (Lipinski definition) is 16. The zero-order valence-corrected chi connectivity index (χ0v) is 39.7. The van der Waals surface area contributed by atoms with Crippen LogP contribution in [-0.2, 0) is 42.4 Å². The molecule has 0 aromatic heterocycles. The Kier molecular flexibility index (Phi) is 19.4. The number of Topliss-reactive ketones (excluding diaryl/α,β-unsaturated/α-hetero) is 1. The number of likely N-dealkylation sites (N-methyl/N-ethyl adjacent to an activating group) is 1. The van der Waals surface area contributed by atoms with Crippen LogP contribution < -0.4 is 0 Å². The molecule has 0 unspecified atom stereocenters. The van der Waals surface area contributed by atoms with E-state index in [9.17, 15) is 30.0 Å². The molecule has 17 heteroatoms. The van der Waals surface area contributed by atoms with Gasteiger partial charge in [0.25, 0.3) is 0 Å². The lowest BCUT2D eigenvalue weighted by Gasteiger charge is -2.50. The topological polar surface area (TPSA) is 207 Å². The number of aliphatic hydroxyl groups excluding tert-OH is 2. The minimum Gasteiger partial charge on any atom is -0.459 e. The molecule has 0 spiro atoms. The number of rotatable bonds is 9. The standard InChI is InChI=1S/C40H75NO13Si.CHNS/c1-17-28-40(10,47)33(44)23(4)30(42)21(2)19-38(8,46)34(53-37-31(43)27(41(11)12)18-22(3)49-37)24(5)32(25(6)36(45)51-28)52-29-20-39(9,48-13)35(26(7)50-29)54-55(14,15)16;2-1-3/h21-29,31-35,37,43-44,46-47H,17-20H2,1-16H3;3H/t21-,22-,23+,24+,25-,26+,27+,28-,29+,31-,32+,33-,34-,35+,37+,38-,39-,40-;/m1./s1. The average molecular weight is 865 g/mol. The van der Waals surface area contributed by atoms with Crippen molar-refractivity contribution in [2.45, 2.75) is 199 Å². The molecule has 0 saturated carbocycles. The van der Waals surface area contributed by atoms with E-state index in [1.54, 1.807) is 41.7 Å². The van der Waals surface area contributed by atoms with Crippen LogP contribution in [0.1, 0.15) is 94.9 Å². The number of ketones is 1. The van der Waals surface area contributed by atoms with Gasteiger partial charge in [-0.15, -0.1) is 0 Å². The van der Waals surface area contributed by atoms with Crippen molar-refractivity contribution in [1.82, 2.24) is 4.90 Å². The van der Waals surface area contributed by atoms with Gasteiger partial charge in [-0.25, -0.2) is 0 Å².